The van der Waals surface area contributed by atoms with Gasteiger partial charge in [-0.1, -0.05) is 26.8 Å². The Labute approximate surface area is 192 Å². The minimum Gasteiger partial charge on any atom is -0.438 e. The molecule has 0 atom stereocenters. The summed E-state index contributed by atoms with van der Waals surface area (Å²) in [6.07, 6.45) is 6.01. The van der Waals surface area contributed by atoms with E-state index in [0.29, 0.717) is 5.75 Å². The molecule has 2 N–H and O–H groups in total. The van der Waals surface area contributed by atoms with Crippen molar-refractivity contribution in [2.24, 2.45) is 5.41 Å². The van der Waals surface area contributed by atoms with Crippen LogP contribution in [0.15, 0.2) is 41.4 Å². The lowest BCUT2D eigenvalue weighted by molar-refractivity contribution is -0.129. The number of nitrogens with zero attached hydrogens (tertiary/aromatic N) is 1. The number of carbonyl (C=O) groups is 2. The predicted molar refractivity (Wildman–Crippen MR) is 124 cm³/mol. The molecular weight excluding hydrogens is 429 g/mol. The maximum atomic E-state index is 13.9. The second kappa shape index (κ2) is 10.3. The number of thioether (sulfide) groups is 1. The Morgan fingerprint density at radius 1 is 1.09 bits per heavy atom. The van der Waals surface area contributed by atoms with Gasteiger partial charge >= 0.3 is 0 Å². The fourth-order valence-electron chi connectivity index (χ4n) is 3.49. The number of pyridine rings is 1. The first-order valence-electron chi connectivity index (χ1n) is 10.7. The number of hydrogen-bond acceptors (Lipinski definition) is 5. The molecule has 0 radical (unpaired) electrons. The first kappa shape index (κ1) is 24.0. The Morgan fingerprint density at radius 2 is 1.75 bits per heavy atom. The molecule has 3 rings (SSSR count). The molecule has 8 heteroatoms. The van der Waals surface area contributed by atoms with E-state index in [1.807, 2.05) is 45.2 Å². The van der Waals surface area contributed by atoms with Gasteiger partial charge in [0.2, 0.25) is 11.8 Å². The first-order valence-corrected chi connectivity index (χ1v) is 12.0. The minimum atomic E-state index is -0.603. The summed E-state index contributed by atoms with van der Waals surface area (Å²) in [7, 11) is 0. The van der Waals surface area contributed by atoms with E-state index in [2.05, 4.69) is 15.6 Å². The number of hydrogen-bond donors (Lipinski definition) is 2. The molecule has 0 bridgehead atoms. The molecule has 1 fully saturated rings. The van der Waals surface area contributed by atoms with Gasteiger partial charge in [0.15, 0.2) is 0 Å². The Hall–Kier alpha value is -2.61. The lowest BCUT2D eigenvalue weighted by Crippen LogP contribution is -2.46. The quantitative estimate of drug-likeness (QED) is 0.598. The lowest BCUT2D eigenvalue weighted by atomic mass is 9.89. The van der Waals surface area contributed by atoms with Crippen molar-refractivity contribution in [1.29, 1.82) is 0 Å². The Balaban J connectivity index is 1.63. The van der Waals surface area contributed by atoms with Crippen molar-refractivity contribution in [3.8, 4) is 11.6 Å². The van der Waals surface area contributed by atoms with Crippen LogP contribution in [0.3, 0.4) is 0 Å². The third-order valence-corrected chi connectivity index (χ3v) is 6.12. The van der Waals surface area contributed by atoms with Crippen molar-refractivity contribution in [3.05, 3.63) is 47.9 Å². The van der Waals surface area contributed by atoms with Crippen LogP contribution in [0, 0.1) is 11.2 Å². The number of aromatic nitrogens is 1. The molecule has 2 amide bonds. The average Bonchev–Trinajstić information content (AvgIpc) is 2.75. The minimum absolute atomic E-state index is 0.0307. The molecule has 0 saturated heterocycles. The van der Waals surface area contributed by atoms with E-state index >= 15 is 0 Å². The molecule has 1 saturated carbocycles. The van der Waals surface area contributed by atoms with Gasteiger partial charge in [-0.3, -0.25) is 9.59 Å². The Bertz CT molecular complexity index is 969. The number of amides is 2. The molecule has 0 spiro atoms. The number of halogens is 1. The van der Waals surface area contributed by atoms with Crippen LogP contribution in [-0.4, -0.2) is 35.1 Å². The van der Waals surface area contributed by atoms with Crippen LogP contribution in [0.4, 0.5) is 4.39 Å². The third kappa shape index (κ3) is 6.45. The molecule has 172 valence electrons. The molecule has 0 unspecified atom stereocenters. The van der Waals surface area contributed by atoms with E-state index in [0.717, 1.165) is 42.8 Å². The van der Waals surface area contributed by atoms with Crippen LogP contribution >= 0.6 is 11.8 Å². The zero-order valence-electron chi connectivity index (χ0n) is 18.9. The van der Waals surface area contributed by atoms with Gasteiger partial charge in [-0.2, -0.15) is 0 Å². The van der Waals surface area contributed by atoms with Crippen LogP contribution in [-0.2, 0) is 4.79 Å². The van der Waals surface area contributed by atoms with Crippen molar-refractivity contribution in [2.75, 3.05) is 6.26 Å². The van der Waals surface area contributed by atoms with Gasteiger partial charge in [-0.15, -0.1) is 11.8 Å². The average molecular weight is 460 g/mol. The van der Waals surface area contributed by atoms with Crippen LogP contribution in [0.5, 0.6) is 11.6 Å². The SMILES string of the molecule is CSc1cccc(Oc2ncc(F)cc2C(=O)N[C@H]2CC[C@@H](NC(=O)C(C)(C)C)CC2)c1. The third-order valence-electron chi connectivity index (χ3n) is 5.40. The Morgan fingerprint density at radius 3 is 2.38 bits per heavy atom. The highest BCUT2D eigenvalue weighted by molar-refractivity contribution is 7.98. The summed E-state index contributed by atoms with van der Waals surface area (Å²) in [4.78, 5) is 30.1. The fraction of sp³-hybridized carbons (Fsp3) is 0.458. The molecule has 1 aromatic heterocycles. The van der Waals surface area contributed by atoms with E-state index in [1.165, 1.54) is 0 Å². The van der Waals surface area contributed by atoms with Crippen molar-refractivity contribution in [3.63, 3.8) is 0 Å². The van der Waals surface area contributed by atoms with Gasteiger partial charge in [0.25, 0.3) is 5.91 Å². The summed E-state index contributed by atoms with van der Waals surface area (Å²) in [5.41, 5.74) is -0.371. The molecule has 6 nitrogen and oxygen atoms in total. The van der Waals surface area contributed by atoms with Gasteiger partial charge < -0.3 is 15.4 Å². The van der Waals surface area contributed by atoms with E-state index in [9.17, 15) is 14.0 Å². The predicted octanol–water partition coefficient (Wildman–Crippen LogP) is 4.94. The van der Waals surface area contributed by atoms with E-state index in [-0.39, 0.29) is 29.4 Å². The molecule has 1 heterocycles. The fourth-order valence-corrected chi connectivity index (χ4v) is 3.94. The molecule has 0 aliphatic heterocycles. The van der Waals surface area contributed by atoms with Crippen molar-refractivity contribution >= 4 is 23.6 Å². The van der Waals surface area contributed by atoms with Crippen LogP contribution in [0.25, 0.3) is 0 Å². The zero-order chi connectivity index (χ0) is 23.3. The van der Waals surface area contributed by atoms with Crippen LogP contribution in [0.2, 0.25) is 0 Å². The summed E-state index contributed by atoms with van der Waals surface area (Å²) in [6.45, 7) is 5.66. The summed E-state index contributed by atoms with van der Waals surface area (Å²) < 4.78 is 19.7. The highest BCUT2D eigenvalue weighted by Gasteiger charge is 2.28. The van der Waals surface area contributed by atoms with E-state index in [4.69, 9.17) is 4.74 Å². The van der Waals surface area contributed by atoms with E-state index < -0.39 is 17.1 Å². The molecule has 32 heavy (non-hydrogen) atoms. The first-order chi connectivity index (χ1) is 15.2. The number of rotatable bonds is 6. The molecular formula is C24H30FN3O3S. The summed E-state index contributed by atoms with van der Waals surface area (Å²) in [5, 5.41) is 6.06. The highest BCUT2D eigenvalue weighted by Crippen LogP contribution is 2.28. The number of benzene rings is 1. The molecule has 1 aliphatic carbocycles. The lowest BCUT2D eigenvalue weighted by Gasteiger charge is -2.31. The second-order valence-electron chi connectivity index (χ2n) is 9.03. The van der Waals surface area contributed by atoms with Crippen LogP contribution < -0.4 is 15.4 Å². The topological polar surface area (TPSA) is 80.3 Å². The highest BCUT2D eigenvalue weighted by atomic mass is 32.2. The van der Waals surface area contributed by atoms with Gasteiger partial charge in [-0.05, 0) is 56.2 Å². The second-order valence-corrected chi connectivity index (χ2v) is 9.91. The van der Waals surface area contributed by atoms with Gasteiger partial charge in [0.1, 0.15) is 17.1 Å². The van der Waals surface area contributed by atoms with Gasteiger partial charge in [0, 0.05) is 22.4 Å². The maximum absolute atomic E-state index is 13.9. The molecule has 1 aliphatic rings. The van der Waals surface area contributed by atoms with Crippen molar-refractivity contribution in [1.82, 2.24) is 15.6 Å². The van der Waals surface area contributed by atoms with Crippen LogP contribution in [0.1, 0.15) is 56.8 Å². The standard InChI is InChI=1S/C24H30FN3O3S/c1-24(2,3)23(30)28-17-10-8-16(9-11-17)27-21(29)20-12-15(25)14-26-22(20)31-18-6-5-7-19(13-18)32-4/h5-7,12-14,16-17H,8-11H2,1-4H3,(H,27,29)(H,28,30)/t16-,17+. The van der Waals surface area contributed by atoms with Gasteiger partial charge in [-0.25, -0.2) is 9.37 Å². The number of carbonyl (C=O) groups excluding carboxylic acids is 2. The zero-order valence-corrected chi connectivity index (χ0v) is 19.7. The smallest absolute Gasteiger partial charge is 0.257 e. The summed E-state index contributed by atoms with van der Waals surface area (Å²) in [5.74, 6) is -0.402. The summed E-state index contributed by atoms with van der Waals surface area (Å²) >= 11 is 1.57. The largest absolute Gasteiger partial charge is 0.438 e. The van der Waals surface area contributed by atoms with E-state index in [1.54, 1.807) is 17.8 Å². The molecule has 2 aromatic rings. The number of ether oxygens (including phenoxy) is 1. The molecule has 1 aromatic carbocycles. The van der Waals surface area contributed by atoms with Crippen molar-refractivity contribution in [2.45, 2.75) is 63.4 Å². The summed E-state index contributed by atoms with van der Waals surface area (Å²) in [6, 6.07) is 8.59. The monoisotopic (exact) mass is 459 g/mol. The normalized spacial score (nSPS) is 18.7. The Kier molecular flexibility index (Phi) is 7.77. The van der Waals surface area contributed by atoms with Gasteiger partial charge in [0.05, 0.1) is 6.20 Å². The van der Waals surface area contributed by atoms with Crippen molar-refractivity contribution < 1.29 is 18.7 Å². The maximum Gasteiger partial charge on any atom is 0.257 e. The number of nitrogens with one attached hydrogen (secondary N) is 2.